The first kappa shape index (κ1) is 19.1. The molecule has 0 aromatic heterocycles. The lowest BCUT2D eigenvalue weighted by Crippen LogP contribution is -2.39. The molecule has 25 heavy (non-hydrogen) atoms. The molecule has 1 saturated heterocycles. The maximum Gasteiger partial charge on any atom is 0.410 e. The smallest absolute Gasteiger partial charge is 0.410 e. The van der Waals surface area contributed by atoms with Crippen molar-refractivity contribution in [2.75, 3.05) is 13.1 Å². The Morgan fingerprint density at radius 1 is 1.16 bits per heavy atom. The number of hydrogen-bond donors (Lipinski definition) is 1. The Labute approximate surface area is 149 Å². The minimum absolute atomic E-state index is 0.00992. The number of benzene rings is 1. The van der Waals surface area contributed by atoms with Crippen molar-refractivity contribution in [3.05, 3.63) is 35.9 Å². The number of rotatable bonds is 3. The van der Waals surface area contributed by atoms with Crippen molar-refractivity contribution >= 4 is 12.2 Å². The fraction of sp³-hybridized carbons (Fsp3) is 0.579. The number of carbonyl (C=O) groups is 2. The van der Waals surface area contributed by atoms with Gasteiger partial charge in [-0.1, -0.05) is 30.3 Å². The number of nitrogens with zero attached hydrogens (tertiary/aromatic N) is 1. The summed E-state index contributed by atoms with van der Waals surface area (Å²) in [5, 5.41) is 2.90. The summed E-state index contributed by atoms with van der Waals surface area (Å²) in [5.41, 5.74) is 0.456. The molecule has 1 aromatic rings. The standard InChI is InChI=1S/C19H28N2O4/c1-19(2,3)25-18(23)21-12-7-10-16(11-13-21)20-17(22)24-14-15-8-5-4-6-9-15/h4-6,8-9,16H,7,10-14H2,1-3H3,(H,20,22)/t16-/m0/s1. The van der Waals surface area contributed by atoms with E-state index in [4.69, 9.17) is 9.47 Å². The van der Waals surface area contributed by atoms with Gasteiger partial charge in [0.15, 0.2) is 0 Å². The summed E-state index contributed by atoms with van der Waals surface area (Å²) in [4.78, 5) is 25.8. The molecule has 138 valence electrons. The Morgan fingerprint density at radius 2 is 1.88 bits per heavy atom. The minimum Gasteiger partial charge on any atom is -0.445 e. The van der Waals surface area contributed by atoms with Crippen LogP contribution in [0.1, 0.15) is 45.6 Å². The quantitative estimate of drug-likeness (QED) is 0.904. The summed E-state index contributed by atoms with van der Waals surface area (Å²) in [6.45, 7) is 7.04. The summed E-state index contributed by atoms with van der Waals surface area (Å²) >= 11 is 0. The van der Waals surface area contributed by atoms with Gasteiger partial charge >= 0.3 is 12.2 Å². The molecule has 1 heterocycles. The highest BCUT2D eigenvalue weighted by Crippen LogP contribution is 2.15. The van der Waals surface area contributed by atoms with Gasteiger partial charge in [0.25, 0.3) is 0 Å². The maximum atomic E-state index is 12.1. The first-order valence-electron chi connectivity index (χ1n) is 8.78. The van der Waals surface area contributed by atoms with Crippen LogP contribution in [-0.4, -0.2) is 41.8 Å². The van der Waals surface area contributed by atoms with Gasteiger partial charge in [-0.25, -0.2) is 9.59 Å². The number of carbonyl (C=O) groups excluding carboxylic acids is 2. The molecule has 6 nitrogen and oxygen atoms in total. The first-order chi connectivity index (χ1) is 11.8. The molecular weight excluding hydrogens is 320 g/mol. The topological polar surface area (TPSA) is 67.9 Å². The zero-order valence-electron chi connectivity index (χ0n) is 15.3. The van der Waals surface area contributed by atoms with Crippen LogP contribution in [0.2, 0.25) is 0 Å². The van der Waals surface area contributed by atoms with Gasteiger partial charge < -0.3 is 19.7 Å². The molecule has 2 amide bonds. The van der Waals surface area contributed by atoms with E-state index in [9.17, 15) is 9.59 Å². The third kappa shape index (κ3) is 7.03. The highest BCUT2D eigenvalue weighted by atomic mass is 16.6. The molecule has 1 aliphatic rings. The zero-order valence-corrected chi connectivity index (χ0v) is 15.3. The molecule has 0 aliphatic carbocycles. The van der Waals surface area contributed by atoms with Crippen LogP contribution >= 0.6 is 0 Å². The van der Waals surface area contributed by atoms with Crippen molar-refractivity contribution in [3.63, 3.8) is 0 Å². The lowest BCUT2D eigenvalue weighted by atomic mass is 10.1. The third-order valence-corrected chi connectivity index (χ3v) is 3.91. The van der Waals surface area contributed by atoms with E-state index in [0.29, 0.717) is 19.5 Å². The van der Waals surface area contributed by atoms with Gasteiger partial charge in [-0.2, -0.15) is 0 Å². The minimum atomic E-state index is -0.498. The van der Waals surface area contributed by atoms with Crippen LogP contribution in [0.15, 0.2) is 30.3 Å². The highest BCUT2D eigenvalue weighted by Gasteiger charge is 2.25. The third-order valence-electron chi connectivity index (χ3n) is 3.91. The number of nitrogens with one attached hydrogen (secondary N) is 1. The first-order valence-corrected chi connectivity index (χ1v) is 8.78. The van der Waals surface area contributed by atoms with Crippen molar-refractivity contribution < 1.29 is 19.1 Å². The molecule has 6 heteroatoms. The maximum absolute atomic E-state index is 12.1. The van der Waals surface area contributed by atoms with E-state index >= 15 is 0 Å². The molecule has 1 fully saturated rings. The van der Waals surface area contributed by atoms with Crippen molar-refractivity contribution in [2.45, 2.75) is 58.3 Å². The van der Waals surface area contributed by atoms with E-state index in [1.165, 1.54) is 0 Å². The van der Waals surface area contributed by atoms with Gasteiger partial charge in [0, 0.05) is 19.1 Å². The second kappa shape index (κ2) is 8.74. The van der Waals surface area contributed by atoms with Crippen molar-refractivity contribution in [1.29, 1.82) is 0 Å². The molecule has 1 N–H and O–H groups in total. The Kier molecular flexibility index (Phi) is 6.67. The molecule has 0 bridgehead atoms. The van der Waals surface area contributed by atoms with Gasteiger partial charge in [-0.3, -0.25) is 0 Å². The van der Waals surface area contributed by atoms with Gasteiger partial charge in [0.1, 0.15) is 12.2 Å². The van der Waals surface area contributed by atoms with Gasteiger partial charge in [0.2, 0.25) is 0 Å². The van der Waals surface area contributed by atoms with Gasteiger partial charge in [0.05, 0.1) is 0 Å². The molecule has 1 aromatic carbocycles. The Morgan fingerprint density at radius 3 is 2.56 bits per heavy atom. The fourth-order valence-electron chi connectivity index (χ4n) is 2.68. The fourth-order valence-corrected chi connectivity index (χ4v) is 2.68. The van der Waals surface area contributed by atoms with Crippen LogP contribution in [-0.2, 0) is 16.1 Å². The summed E-state index contributed by atoms with van der Waals surface area (Å²) < 4.78 is 10.7. The Hall–Kier alpha value is -2.24. The number of likely N-dealkylation sites (tertiary alicyclic amines) is 1. The van der Waals surface area contributed by atoms with Crippen LogP contribution in [0.4, 0.5) is 9.59 Å². The van der Waals surface area contributed by atoms with Crippen molar-refractivity contribution in [2.24, 2.45) is 0 Å². The van der Waals surface area contributed by atoms with Crippen LogP contribution in [0.25, 0.3) is 0 Å². The Balaban J connectivity index is 1.75. The van der Waals surface area contributed by atoms with Gasteiger partial charge in [-0.15, -0.1) is 0 Å². The van der Waals surface area contributed by atoms with Crippen LogP contribution in [0, 0.1) is 0 Å². The molecule has 1 atom stereocenters. The summed E-state index contributed by atoms with van der Waals surface area (Å²) in [6, 6.07) is 9.58. The molecular formula is C19H28N2O4. The molecule has 0 saturated carbocycles. The largest absolute Gasteiger partial charge is 0.445 e. The lowest BCUT2D eigenvalue weighted by Gasteiger charge is -2.26. The summed E-state index contributed by atoms with van der Waals surface area (Å²) in [7, 11) is 0. The predicted molar refractivity (Wildman–Crippen MR) is 95.2 cm³/mol. The van der Waals surface area contributed by atoms with Crippen LogP contribution < -0.4 is 5.32 Å². The highest BCUT2D eigenvalue weighted by molar-refractivity contribution is 5.68. The second-order valence-corrected chi connectivity index (χ2v) is 7.30. The van der Waals surface area contributed by atoms with E-state index in [0.717, 1.165) is 18.4 Å². The molecule has 0 spiro atoms. The summed E-state index contributed by atoms with van der Waals surface area (Å²) in [5.74, 6) is 0. The van der Waals surface area contributed by atoms with Crippen LogP contribution in [0.3, 0.4) is 0 Å². The second-order valence-electron chi connectivity index (χ2n) is 7.30. The average molecular weight is 348 g/mol. The monoisotopic (exact) mass is 348 g/mol. The normalized spacial score (nSPS) is 18.2. The summed E-state index contributed by atoms with van der Waals surface area (Å²) in [6.07, 6.45) is 1.63. The number of hydrogen-bond acceptors (Lipinski definition) is 4. The van der Waals surface area contributed by atoms with Crippen molar-refractivity contribution in [3.8, 4) is 0 Å². The van der Waals surface area contributed by atoms with Crippen molar-refractivity contribution in [1.82, 2.24) is 10.2 Å². The molecule has 0 unspecified atom stereocenters. The van der Waals surface area contributed by atoms with Gasteiger partial charge in [-0.05, 0) is 45.6 Å². The molecule has 2 rings (SSSR count). The lowest BCUT2D eigenvalue weighted by molar-refractivity contribution is 0.0256. The Bertz CT molecular complexity index is 569. The van der Waals surface area contributed by atoms with E-state index in [1.54, 1.807) is 4.90 Å². The van der Waals surface area contributed by atoms with E-state index < -0.39 is 11.7 Å². The van der Waals surface area contributed by atoms with E-state index in [1.807, 2.05) is 51.1 Å². The average Bonchev–Trinajstić information content (AvgIpc) is 2.78. The zero-order chi connectivity index (χ0) is 18.3. The SMILES string of the molecule is CC(C)(C)OC(=O)N1CCC[C@H](NC(=O)OCc2ccccc2)CC1. The van der Waals surface area contributed by atoms with E-state index in [-0.39, 0.29) is 18.7 Å². The number of amides is 2. The molecule has 0 radical (unpaired) electrons. The number of ether oxygens (including phenoxy) is 2. The van der Waals surface area contributed by atoms with E-state index in [2.05, 4.69) is 5.32 Å². The predicted octanol–water partition coefficient (Wildman–Crippen LogP) is 3.70. The van der Waals surface area contributed by atoms with Crippen LogP contribution in [0.5, 0.6) is 0 Å². The molecule has 1 aliphatic heterocycles. The number of alkyl carbamates (subject to hydrolysis) is 1.